The van der Waals surface area contributed by atoms with E-state index < -0.39 is 123 Å². The van der Waals surface area contributed by atoms with Gasteiger partial charge in [0.1, 0.15) is 24.9 Å². The Morgan fingerprint density at radius 3 is 1.44 bits per heavy atom. The molecule has 2 saturated heterocycles. The number of thioether (sulfide) groups is 1. The maximum Gasteiger partial charge on any atom is 0.243 e. The van der Waals surface area contributed by atoms with Crippen molar-refractivity contribution < 1.29 is 91.5 Å². The van der Waals surface area contributed by atoms with E-state index in [4.69, 9.17) is 37.1 Å². The van der Waals surface area contributed by atoms with Gasteiger partial charge in [0.05, 0.1) is 122 Å². The molecule has 2 fully saturated rings. The predicted octanol–water partition coefficient (Wildman–Crippen LogP) is 0.478. The summed E-state index contributed by atoms with van der Waals surface area (Å²) in [5.41, 5.74) is 25.8. The minimum absolute atomic E-state index is 0.00894. The number of para-hydroxylation sites is 1. The van der Waals surface area contributed by atoms with E-state index in [2.05, 4.69) is 32.8 Å². The number of nitrogens with two attached hydrogens (primary N) is 4. The van der Waals surface area contributed by atoms with Crippen LogP contribution >= 0.6 is 11.8 Å². The van der Waals surface area contributed by atoms with Crippen molar-refractivity contribution in [3.8, 4) is 0 Å². The SMILES string of the molecule is C=C1N[C@H]2CSC(CCCCC(=O)NCCCC[C@H](NC(=O)CN(CCOC)C(=O)CN(CCO)C(=O)CN(C)CCCCN)C(N)=O)[C@H]2N1.COCCN(CC(=O)N(CC(=O)N(CCOC)CC(=O)N(CCCCN)CC(=O)N(CC(=O)N(CCO)CC(=O)N(CCCCN)CC(=O)N(CC(C)=O)[C@@H](C)c1ccccc1)[C@@H](C)c1ccccc1)Cc1c[nH]c2ccccc12)C(C)=O. The first-order valence-corrected chi connectivity index (χ1v) is 47.0. The molecule has 0 saturated carbocycles. The van der Waals surface area contributed by atoms with E-state index in [1.165, 1.54) is 79.3 Å². The quantitative estimate of drug-likeness (QED) is 0.0268. The Balaban J connectivity index is 0.000000533. The predicted molar refractivity (Wildman–Crippen MR) is 507 cm³/mol. The van der Waals surface area contributed by atoms with Crippen LogP contribution in [0.1, 0.15) is 140 Å². The fourth-order valence-electron chi connectivity index (χ4n) is 15.4. The zero-order valence-electron chi connectivity index (χ0n) is 79.2. The number of rotatable bonds is 65. The number of nitrogens with zero attached hydrogens (tertiary/aromatic N) is 11. The Morgan fingerprint density at radius 1 is 0.489 bits per heavy atom. The van der Waals surface area contributed by atoms with Crippen LogP contribution in [0.25, 0.3) is 10.9 Å². The number of aromatic amines is 1. The number of hydrogen-bond acceptors (Lipinski definition) is 26. The summed E-state index contributed by atoms with van der Waals surface area (Å²) >= 11 is 1.96. The van der Waals surface area contributed by atoms with Gasteiger partial charge in [-0.2, -0.15) is 11.8 Å². The number of ether oxygens (including phenoxy) is 3. The number of Topliss-reactive ketones (excluding diaryl/α,β-unsaturated/α-hetero) is 1. The fourth-order valence-corrected chi connectivity index (χ4v) is 16.9. The van der Waals surface area contributed by atoms with Crippen LogP contribution in [0, 0.1) is 0 Å². The van der Waals surface area contributed by atoms with Crippen LogP contribution < -0.4 is 44.2 Å². The first kappa shape index (κ1) is 113. The summed E-state index contributed by atoms with van der Waals surface area (Å²) in [5, 5.41) is 33.5. The van der Waals surface area contributed by atoms with E-state index in [9.17, 15) is 77.3 Å². The maximum absolute atomic E-state index is 14.9. The number of likely N-dealkylation sites (N-methyl/N-ethyl adjacent to an activating group) is 1. The van der Waals surface area contributed by atoms with Crippen LogP contribution in [0.5, 0.6) is 0 Å². The minimum atomic E-state index is -0.949. The van der Waals surface area contributed by atoms with Crippen molar-refractivity contribution >= 4 is 105 Å². The topological polar surface area (TPSA) is 511 Å². The largest absolute Gasteiger partial charge is 0.395 e. The Hall–Kier alpha value is -10.7. The van der Waals surface area contributed by atoms with Crippen molar-refractivity contribution in [1.29, 1.82) is 0 Å². The number of primary amides is 1. The van der Waals surface area contributed by atoms with E-state index in [1.54, 1.807) is 57.4 Å². The number of aliphatic hydroxyl groups excluding tert-OH is 2. The van der Waals surface area contributed by atoms with E-state index in [-0.39, 0.29) is 148 Å². The lowest BCUT2D eigenvalue weighted by Crippen LogP contribution is -2.53. The minimum Gasteiger partial charge on any atom is -0.395 e. The average molecular weight is 1880 g/mol. The number of aromatic nitrogens is 1. The summed E-state index contributed by atoms with van der Waals surface area (Å²) in [6, 6.07) is 24.2. The Morgan fingerprint density at radius 2 is 0.932 bits per heavy atom. The highest BCUT2D eigenvalue weighted by molar-refractivity contribution is 8.00. The van der Waals surface area contributed by atoms with Gasteiger partial charge in [-0.15, -0.1) is 0 Å². The van der Waals surface area contributed by atoms with Crippen molar-refractivity contribution in [2.45, 2.75) is 153 Å². The molecule has 0 spiro atoms. The van der Waals surface area contributed by atoms with Crippen molar-refractivity contribution in [1.82, 2.24) is 80.2 Å². The zero-order valence-corrected chi connectivity index (χ0v) is 80.0. The van der Waals surface area contributed by atoms with Gasteiger partial charge < -0.3 is 123 Å². The standard InChI is InChI=1S/C60H87N11O12.C33H61N9O7S/c1-45(73)36-70(46(2)49-19-9-7-10-20-49)59(80)42-65(27-17-15-25-61)54(75)39-67(29-32-72)58(79)44-71(47(3)50-21-11-8-12-22-50)60(81)43-66(28-18-16-26-62)55(76)40-68(31-34-83-6)56(77)41-69(57(78)38-64(48(4)74)30-33-82-5)37-51-35-63-53-24-14-13-23-52(51)53;1-24-37-26-23-50-27(32(26)38-24)11-4-5-12-28(44)36-14-8-6-10-25(33(35)48)39-29(45)20-42(17-19-49-3)31(47)22-41(16-18-43)30(46)21-40(2)15-9-7-13-34/h7-14,19-24,35,46-47,63,72H,15-18,25-34,36-44,61-62H2,1-6H3;25-27,32,37-38,43H,1,4-23,34H2,2-3H3,(H2,35,48)(H,36,44)(H,39,45)/t46-,47-;25-,26-,27?,32-/m00/s1. The molecule has 15 N–H and O–H groups in total. The highest BCUT2D eigenvalue weighted by Gasteiger charge is 2.41. The Kier molecular flexibility index (Phi) is 53.2. The van der Waals surface area contributed by atoms with Crippen molar-refractivity contribution in [3.63, 3.8) is 0 Å². The number of carbonyl (C=O) groups is 14. The second kappa shape index (κ2) is 62.7. The molecule has 0 bridgehead atoms. The maximum atomic E-state index is 14.9. The van der Waals surface area contributed by atoms with Gasteiger partial charge >= 0.3 is 0 Å². The summed E-state index contributed by atoms with van der Waals surface area (Å²) in [5.74, 6) is -4.99. The molecule has 2 aliphatic heterocycles. The second-order valence-corrected chi connectivity index (χ2v) is 34.7. The molecular formula is C93H148N20O19S. The van der Waals surface area contributed by atoms with Crippen molar-refractivity contribution in [2.24, 2.45) is 22.9 Å². The number of nitrogens with one attached hydrogen (secondary N) is 5. The molecule has 740 valence electrons. The van der Waals surface area contributed by atoms with Crippen LogP contribution in [0.4, 0.5) is 0 Å². The number of aliphatic hydroxyl groups is 2. The number of ketones is 1. The number of unbranched alkanes of at least 4 members (excludes halogenated alkanes) is 5. The number of carbonyl (C=O) groups excluding carboxylic acids is 14. The molecular weight excluding hydrogens is 1730 g/mol. The van der Waals surface area contributed by atoms with Crippen molar-refractivity contribution in [3.05, 3.63) is 120 Å². The molecule has 0 radical (unpaired) electrons. The van der Waals surface area contributed by atoms with E-state index in [0.29, 0.717) is 99.6 Å². The van der Waals surface area contributed by atoms with Crippen LogP contribution in [-0.2, 0) is 87.9 Å². The van der Waals surface area contributed by atoms with Crippen LogP contribution in [-0.4, -0.2) is 393 Å². The lowest BCUT2D eigenvalue weighted by molar-refractivity contribution is -0.150. The Bertz CT molecular complexity index is 4290. The zero-order chi connectivity index (χ0) is 97.7. The van der Waals surface area contributed by atoms with Crippen molar-refractivity contribution in [2.75, 3.05) is 218 Å². The molecule has 13 amide bonds. The van der Waals surface area contributed by atoms with Gasteiger partial charge in [-0.25, -0.2) is 0 Å². The third kappa shape index (κ3) is 40.6. The molecule has 1 aromatic heterocycles. The third-order valence-electron chi connectivity index (χ3n) is 23.1. The number of benzene rings is 3. The molecule has 133 heavy (non-hydrogen) atoms. The van der Waals surface area contributed by atoms with Gasteiger partial charge in [0.2, 0.25) is 76.8 Å². The van der Waals surface area contributed by atoms with Crippen LogP contribution in [0.2, 0.25) is 0 Å². The first-order chi connectivity index (χ1) is 63.8. The number of methoxy groups -OCH3 is 3. The molecule has 4 aromatic rings. The van der Waals surface area contributed by atoms with Crippen LogP contribution in [0.15, 0.2) is 104 Å². The summed E-state index contributed by atoms with van der Waals surface area (Å²) in [7, 11) is 6.18. The molecule has 3 aromatic carbocycles. The van der Waals surface area contributed by atoms with Gasteiger partial charge in [0.25, 0.3) is 0 Å². The van der Waals surface area contributed by atoms with E-state index in [0.717, 1.165) is 65.0 Å². The number of hydrogen-bond donors (Lipinski definition) is 11. The molecule has 39 nitrogen and oxygen atoms in total. The molecule has 6 atom stereocenters. The van der Waals surface area contributed by atoms with Gasteiger partial charge in [-0.1, -0.05) is 91.9 Å². The molecule has 1 unspecified atom stereocenters. The number of amides is 13. The number of fused-ring (bicyclic) bond motifs is 2. The molecule has 40 heteroatoms. The fraction of sp³-hybridized carbons (Fsp3) is 0.613. The summed E-state index contributed by atoms with van der Waals surface area (Å²) < 4.78 is 15.6. The Labute approximate surface area is 787 Å². The normalized spacial score (nSPS) is 14.3. The second-order valence-electron chi connectivity index (χ2n) is 33.4. The smallest absolute Gasteiger partial charge is 0.243 e. The lowest BCUT2D eigenvalue weighted by Gasteiger charge is -2.35. The molecule has 0 aliphatic carbocycles. The molecule has 3 heterocycles. The van der Waals surface area contributed by atoms with Gasteiger partial charge in [0, 0.05) is 122 Å². The highest BCUT2D eigenvalue weighted by Crippen LogP contribution is 2.35. The molecule has 6 rings (SSSR count). The van der Waals surface area contributed by atoms with Gasteiger partial charge in [-0.3, -0.25) is 72.0 Å². The third-order valence-corrected chi connectivity index (χ3v) is 24.6. The summed E-state index contributed by atoms with van der Waals surface area (Å²) in [4.78, 5) is 208. The average Bonchev–Trinajstić information content (AvgIpc) is 1.71. The van der Waals surface area contributed by atoms with E-state index >= 15 is 0 Å². The van der Waals surface area contributed by atoms with Gasteiger partial charge in [0.15, 0.2) is 0 Å². The van der Waals surface area contributed by atoms with Gasteiger partial charge in [-0.05, 0) is 147 Å². The van der Waals surface area contributed by atoms with E-state index in [1.807, 2.05) is 71.3 Å². The lowest BCUT2D eigenvalue weighted by atomic mass is 10.0. The first-order valence-electron chi connectivity index (χ1n) is 46.0. The summed E-state index contributed by atoms with van der Waals surface area (Å²) in [6.07, 6.45) is 9.95. The van der Waals surface area contributed by atoms with Crippen LogP contribution in [0.3, 0.4) is 0 Å². The monoisotopic (exact) mass is 1880 g/mol. The number of H-pyrrole nitrogens is 1. The highest BCUT2D eigenvalue weighted by atomic mass is 32.2. The molecule has 2 aliphatic rings. The summed E-state index contributed by atoms with van der Waals surface area (Å²) in [6.45, 7) is 7.55.